The Morgan fingerprint density at radius 1 is 1.09 bits per heavy atom. The van der Waals surface area contributed by atoms with Crippen LogP contribution in [0, 0.1) is 12.8 Å². The van der Waals surface area contributed by atoms with Crippen molar-refractivity contribution < 1.29 is 19.0 Å². The van der Waals surface area contributed by atoms with Crippen molar-refractivity contribution in [2.24, 2.45) is 5.92 Å². The van der Waals surface area contributed by atoms with E-state index < -0.39 is 0 Å². The number of methoxy groups -OCH3 is 2. The molecule has 34 heavy (non-hydrogen) atoms. The third-order valence-corrected chi connectivity index (χ3v) is 5.92. The normalized spacial score (nSPS) is 15.5. The maximum absolute atomic E-state index is 13.0. The molecule has 1 unspecified atom stereocenters. The first kappa shape index (κ1) is 23.4. The summed E-state index contributed by atoms with van der Waals surface area (Å²) in [5, 5.41) is 3.06. The summed E-state index contributed by atoms with van der Waals surface area (Å²) in [5.74, 6) is 3.07. The van der Waals surface area contributed by atoms with Crippen molar-refractivity contribution >= 4 is 11.7 Å². The zero-order chi connectivity index (χ0) is 23.9. The average Bonchev–Trinajstić information content (AvgIpc) is 2.88. The van der Waals surface area contributed by atoms with Crippen molar-refractivity contribution in [3.05, 3.63) is 66.0 Å². The van der Waals surface area contributed by atoms with E-state index in [0.29, 0.717) is 36.3 Å². The Hall–Kier alpha value is -3.81. The molecule has 0 radical (unpaired) electrons. The van der Waals surface area contributed by atoms with Crippen LogP contribution in [-0.4, -0.2) is 43.2 Å². The maximum atomic E-state index is 13.0. The van der Waals surface area contributed by atoms with Crippen molar-refractivity contribution in [3.8, 4) is 23.1 Å². The first-order valence-electron chi connectivity index (χ1n) is 11.4. The van der Waals surface area contributed by atoms with Crippen molar-refractivity contribution in [2.75, 3.05) is 32.2 Å². The minimum absolute atomic E-state index is 0.0109. The summed E-state index contributed by atoms with van der Waals surface area (Å²) < 4.78 is 16.7. The lowest BCUT2D eigenvalue weighted by Crippen LogP contribution is -2.43. The first-order chi connectivity index (χ1) is 16.6. The number of rotatable bonds is 8. The Kier molecular flexibility index (Phi) is 7.47. The lowest BCUT2D eigenvalue weighted by molar-refractivity contribution is -0.125. The van der Waals surface area contributed by atoms with E-state index in [0.717, 1.165) is 36.3 Å². The number of nitrogens with one attached hydrogen (secondary N) is 1. The molecule has 1 aromatic heterocycles. The highest BCUT2D eigenvalue weighted by Gasteiger charge is 2.28. The molecule has 3 aromatic rings. The fourth-order valence-corrected chi connectivity index (χ4v) is 4.07. The molecule has 1 aliphatic rings. The highest BCUT2D eigenvalue weighted by atomic mass is 16.5. The lowest BCUT2D eigenvalue weighted by Gasteiger charge is -2.33. The molecule has 8 nitrogen and oxygen atoms in total. The number of aryl methyl sites for hydroxylation is 1. The van der Waals surface area contributed by atoms with E-state index in [9.17, 15) is 4.79 Å². The topological polar surface area (TPSA) is 85.8 Å². The second-order valence-electron chi connectivity index (χ2n) is 8.28. The molecule has 4 rings (SSSR count). The molecule has 178 valence electrons. The number of anilines is 1. The number of carbonyl (C=O) groups excluding carboxylic acids is 1. The van der Waals surface area contributed by atoms with E-state index in [1.807, 2.05) is 49.4 Å². The van der Waals surface area contributed by atoms with Crippen LogP contribution in [0.3, 0.4) is 0 Å². The van der Waals surface area contributed by atoms with Crippen molar-refractivity contribution in [1.29, 1.82) is 0 Å². The molecule has 1 atom stereocenters. The highest BCUT2D eigenvalue weighted by molar-refractivity contribution is 5.79. The molecule has 8 heteroatoms. The molecular formula is C26H30N4O4. The predicted molar refractivity (Wildman–Crippen MR) is 130 cm³/mol. The number of aromatic nitrogens is 2. The number of ether oxygens (including phenoxy) is 3. The van der Waals surface area contributed by atoms with Gasteiger partial charge in [-0.15, -0.1) is 0 Å². The Labute approximate surface area is 199 Å². The van der Waals surface area contributed by atoms with Gasteiger partial charge in [0.1, 0.15) is 17.2 Å². The highest BCUT2D eigenvalue weighted by Crippen LogP contribution is 2.32. The number of hydrogen-bond acceptors (Lipinski definition) is 7. The molecule has 2 aromatic carbocycles. The molecule has 0 bridgehead atoms. The summed E-state index contributed by atoms with van der Waals surface area (Å²) >= 11 is 0. The zero-order valence-electron chi connectivity index (χ0n) is 19.8. The van der Waals surface area contributed by atoms with E-state index in [1.54, 1.807) is 26.6 Å². The van der Waals surface area contributed by atoms with Crippen molar-refractivity contribution in [2.45, 2.75) is 26.3 Å². The fourth-order valence-electron chi connectivity index (χ4n) is 4.07. The summed E-state index contributed by atoms with van der Waals surface area (Å²) in [5.41, 5.74) is 1.93. The number of carbonyl (C=O) groups is 1. The molecule has 1 aliphatic heterocycles. The number of nitrogens with zero attached hydrogens (tertiary/aromatic N) is 3. The molecule has 1 N–H and O–H groups in total. The van der Waals surface area contributed by atoms with E-state index in [-0.39, 0.29) is 11.8 Å². The minimum Gasteiger partial charge on any atom is -0.497 e. The molecule has 0 spiro atoms. The SMILES string of the molecule is COc1cc(CNC(=O)C2CCCN(c3nccnc3Oc3ccccc3C)C2)cc(OC)c1. The van der Waals surface area contributed by atoms with Gasteiger partial charge in [-0.2, -0.15) is 0 Å². The van der Waals surface area contributed by atoms with Crippen LogP contribution in [0.25, 0.3) is 0 Å². The standard InChI is InChI=1S/C26H30N4O4/c1-18-7-4-5-9-23(18)34-26-24(27-10-11-28-26)30-12-6-8-20(17-30)25(31)29-16-19-13-21(32-2)15-22(14-19)33-3/h4-5,7,9-11,13-15,20H,6,8,12,16-17H2,1-3H3,(H,29,31). The van der Waals surface area contributed by atoms with E-state index >= 15 is 0 Å². The van der Waals surface area contributed by atoms with Gasteiger partial charge in [0.05, 0.1) is 20.1 Å². The van der Waals surface area contributed by atoms with Crippen LogP contribution in [0.4, 0.5) is 5.82 Å². The molecule has 1 saturated heterocycles. The molecule has 0 saturated carbocycles. The van der Waals surface area contributed by atoms with E-state index in [2.05, 4.69) is 20.2 Å². The number of benzene rings is 2. The van der Waals surface area contributed by atoms with E-state index in [1.165, 1.54) is 0 Å². The number of piperidine rings is 1. The van der Waals surface area contributed by atoms with Crippen molar-refractivity contribution in [1.82, 2.24) is 15.3 Å². The smallest absolute Gasteiger partial charge is 0.263 e. The fraction of sp³-hybridized carbons (Fsp3) is 0.346. The van der Waals surface area contributed by atoms with Gasteiger partial charge in [-0.1, -0.05) is 18.2 Å². The van der Waals surface area contributed by atoms with Gasteiger partial charge in [0.2, 0.25) is 5.91 Å². The van der Waals surface area contributed by atoms with Crippen LogP contribution in [-0.2, 0) is 11.3 Å². The summed E-state index contributed by atoms with van der Waals surface area (Å²) in [6.45, 7) is 3.73. The molecule has 0 aliphatic carbocycles. The summed E-state index contributed by atoms with van der Waals surface area (Å²) in [7, 11) is 3.22. The molecule has 1 amide bonds. The van der Waals surface area contributed by atoms with Gasteiger partial charge in [0, 0.05) is 38.1 Å². The van der Waals surface area contributed by atoms with Gasteiger partial charge in [-0.05, 0) is 49.1 Å². The Bertz CT molecular complexity index is 1120. The number of hydrogen-bond donors (Lipinski definition) is 1. The average molecular weight is 463 g/mol. The van der Waals surface area contributed by atoms with Crippen LogP contribution < -0.4 is 24.4 Å². The van der Waals surface area contributed by atoms with Gasteiger partial charge in [0.25, 0.3) is 5.88 Å². The largest absolute Gasteiger partial charge is 0.497 e. The Balaban J connectivity index is 1.43. The lowest BCUT2D eigenvalue weighted by atomic mass is 9.97. The van der Waals surface area contributed by atoms with Gasteiger partial charge in [0.15, 0.2) is 5.82 Å². The van der Waals surface area contributed by atoms with Crippen molar-refractivity contribution in [3.63, 3.8) is 0 Å². The molecule has 2 heterocycles. The quantitative estimate of drug-likeness (QED) is 0.539. The minimum atomic E-state index is -0.158. The Morgan fingerprint density at radius 3 is 2.56 bits per heavy atom. The van der Waals surface area contributed by atoms with E-state index in [4.69, 9.17) is 14.2 Å². The third kappa shape index (κ3) is 5.57. The Morgan fingerprint density at radius 2 is 1.82 bits per heavy atom. The van der Waals surface area contributed by atoms with Gasteiger partial charge >= 0.3 is 0 Å². The number of para-hydroxylation sites is 1. The zero-order valence-corrected chi connectivity index (χ0v) is 19.8. The van der Waals surface area contributed by atoms with Crippen LogP contribution in [0.5, 0.6) is 23.1 Å². The van der Waals surface area contributed by atoms with Crippen LogP contribution in [0.15, 0.2) is 54.9 Å². The second kappa shape index (κ2) is 10.9. The summed E-state index contributed by atoms with van der Waals surface area (Å²) in [6.07, 6.45) is 4.97. The van der Waals surface area contributed by atoms with Crippen LogP contribution in [0.2, 0.25) is 0 Å². The van der Waals surface area contributed by atoms with Gasteiger partial charge in [-0.3, -0.25) is 4.79 Å². The predicted octanol–water partition coefficient (Wildman–Crippen LogP) is 4.13. The molecule has 1 fully saturated rings. The summed E-state index contributed by atoms with van der Waals surface area (Å²) in [6, 6.07) is 13.4. The third-order valence-electron chi connectivity index (χ3n) is 5.92. The summed E-state index contributed by atoms with van der Waals surface area (Å²) in [4.78, 5) is 24.0. The monoisotopic (exact) mass is 462 g/mol. The van der Waals surface area contributed by atoms with Gasteiger partial charge < -0.3 is 24.4 Å². The first-order valence-corrected chi connectivity index (χ1v) is 11.4. The van der Waals surface area contributed by atoms with Crippen LogP contribution >= 0.6 is 0 Å². The number of amides is 1. The maximum Gasteiger partial charge on any atom is 0.263 e. The second-order valence-corrected chi connectivity index (χ2v) is 8.28. The van der Waals surface area contributed by atoms with Gasteiger partial charge in [-0.25, -0.2) is 9.97 Å². The molecular weight excluding hydrogens is 432 g/mol. The van der Waals surface area contributed by atoms with Crippen LogP contribution in [0.1, 0.15) is 24.0 Å².